The first-order valence-electron chi connectivity index (χ1n) is 13.3. The topological polar surface area (TPSA) is 67.2 Å². The highest BCUT2D eigenvalue weighted by Crippen LogP contribution is 2.23. The molecule has 6 heteroatoms. The van der Waals surface area contributed by atoms with Gasteiger partial charge >= 0.3 is 0 Å². The van der Waals surface area contributed by atoms with E-state index < -0.39 is 0 Å². The van der Waals surface area contributed by atoms with E-state index in [-0.39, 0.29) is 17.4 Å². The maximum Gasteiger partial charge on any atom is 0.294 e. The van der Waals surface area contributed by atoms with Crippen LogP contribution in [-0.2, 0) is 11.3 Å². The molecule has 1 unspecified atom stereocenters. The first kappa shape index (κ1) is 24.3. The van der Waals surface area contributed by atoms with E-state index in [1.807, 2.05) is 33.7 Å². The van der Waals surface area contributed by atoms with Crippen molar-refractivity contribution in [3.8, 4) is 0 Å². The van der Waals surface area contributed by atoms with Gasteiger partial charge in [0.2, 0.25) is 5.91 Å². The zero-order valence-corrected chi connectivity index (χ0v) is 21.2. The number of carbonyl (C=O) groups excluding carboxylic acids is 1. The largest absolute Gasteiger partial charge is 0.355 e. The molecule has 1 aliphatic heterocycles. The van der Waals surface area contributed by atoms with Crippen LogP contribution in [0.5, 0.6) is 0 Å². The van der Waals surface area contributed by atoms with E-state index in [4.69, 9.17) is 4.98 Å². The molecule has 2 heterocycles. The van der Waals surface area contributed by atoms with E-state index in [0.717, 1.165) is 48.8 Å². The standard InChI is InChI=1S/C30H36N4O2/c1-22-13-15-24(16-14-22)20-34-27-12-6-5-11-26(27)32-28(30(34)36)33-19-7-10-25(21-33)29(35)31-18-17-23-8-3-2-4-9-23/h5-6,8,11-16,25H,2-4,7,9-10,17-21H2,1H3,(H,31,35). The quantitative estimate of drug-likeness (QED) is 0.481. The number of aromatic nitrogens is 2. The zero-order valence-electron chi connectivity index (χ0n) is 21.2. The Hall–Kier alpha value is -3.41. The number of hydrogen-bond donors (Lipinski definition) is 1. The fourth-order valence-electron chi connectivity index (χ4n) is 5.42. The van der Waals surface area contributed by atoms with Gasteiger partial charge < -0.3 is 10.2 Å². The monoisotopic (exact) mass is 484 g/mol. The first-order valence-corrected chi connectivity index (χ1v) is 13.3. The molecule has 1 amide bonds. The second kappa shape index (κ2) is 11.1. The summed E-state index contributed by atoms with van der Waals surface area (Å²) in [5, 5.41) is 3.15. The summed E-state index contributed by atoms with van der Waals surface area (Å²) in [7, 11) is 0. The number of piperidine rings is 1. The number of para-hydroxylation sites is 2. The summed E-state index contributed by atoms with van der Waals surface area (Å²) in [4.78, 5) is 33.5. The Bertz CT molecular complexity index is 1310. The first-order chi connectivity index (χ1) is 17.6. The van der Waals surface area contributed by atoms with Gasteiger partial charge in [0, 0.05) is 19.6 Å². The minimum absolute atomic E-state index is 0.0943. The van der Waals surface area contributed by atoms with Crippen molar-refractivity contribution in [3.05, 3.63) is 81.7 Å². The third kappa shape index (κ3) is 5.53. The molecule has 1 N–H and O–H groups in total. The number of rotatable bonds is 7. The minimum atomic E-state index is -0.127. The normalized spacial score (nSPS) is 18.2. The molecular formula is C30H36N4O2. The molecule has 0 bridgehead atoms. The highest BCUT2D eigenvalue weighted by atomic mass is 16.2. The highest BCUT2D eigenvalue weighted by molar-refractivity contribution is 5.80. The van der Waals surface area contributed by atoms with Crippen LogP contribution < -0.4 is 15.8 Å². The van der Waals surface area contributed by atoms with Gasteiger partial charge in [-0.1, -0.05) is 53.6 Å². The number of nitrogens with one attached hydrogen (secondary N) is 1. The number of allylic oxidation sites excluding steroid dienone is 1. The molecule has 1 aromatic heterocycles. The summed E-state index contributed by atoms with van der Waals surface area (Å²) in [5.74, 6) is 0.417. The second-order valence-corrected chi connectivity index (χ2v) is 10.2. The molecule has 0 saturated carbocycles. The van der Waals surface area contributed by atoms with Crippen LogP contribution >= 0.6 is 0 Å². The average molecular weight is 485 g/mol. The predicted molar refractivity (Wildman–Crippen MR) is 145 cm³/mol. The van der Waals surface area contributed by atoms with Crippen molar-refractivity contribution in [2.45, 2.75) is 58.4 Å². The Balaban J connectivity index is 1.34. The van der Waals surface area contributed by atoms with Crippen LogP contribution in [0.25, 0.3) is 11.0 Å². The summed E-state index contributed by atoms with van der Waals surface area (Å²) < 4.78 is 1.82. The summed E-state index contributed by atoms with van der Waals surface area (Å²) in [6.07, 6.45) is 9.87. The summed E-state index contributed by atoms with van der Waals surface area (Å²) in [5.41, 5.74) is 5.27. The number of nitrogens with zero attached hydrogens (tertiary/aromatic N) is 3. The number of benzene rings is 2. The Labute approximate surface area is 213 Å². The Kier molecular flexibility index (Phi) is 7.49. The van der Waals surface area contributed by atoms with Gasteiger partial charge in [0.1, 0.15) is 0 Å². The van der Waals surface area contributed by atoms with Crippen LogP contribution in [0.4, 0.5) is 5.82 Å². The van der Waals surface area contributed by atoms with Crippen LogP contribution in [0.15, 0.2) is 65.0 Å². The van der Waals surface area contributed by atoms with Crippen molar-refractivity contribution in [1.82, 2.24) is 14.9 Å². The molecular weight excluding hydrogens is 448 g/mol. The van der Waals surface area contributed by atoms with Crippen molar-refractivity contribution in [2.24, 2.45) is 5.92 Å². The molecule has 6 nitrogen and oxygen atoms in total. The van der Waals surface area contributed by atoms with Crippen molar-refractivity contribution >= 4 is 22.8 Å². The van der Waals surface area contributed by atoms with Crippen LogP contribution in [0.1, 0.15) is 56.1 Å². The van der Waals surface area contributed by atoms with Crippen LogP contribution in [0.3, 0.4) is 0 Å². The van der Waals surface area contributed by atoms with E-state index in [1.54, 1.807) is 0 Å². The lowest BCUT2D eigenvalue weighted by Crippen LogP contribution is -2.45. The molecule has 2 aromatic carbocycles. The number of aryl methyl sites for hydroxylation is 1. The molecule has 1 fully saturated rings. The zero-order chi connectivity index (χ0) is 24.9. The van der Waals surface area contributed by atoms with Gasteiger partial charge in [-0.3, -0.25) is 14.2 Å². The van der Waals surface area contributed by atoms with Gasteiger partial charge in [0.15, 0.2) is 5.82 Å². The molecule has 2 aliphatic rings. The third-order valence-electron chi connectivity index (χ3n) is 7.52. The van der Waals surface area contributed by atoms with E-state index in [2.05, 4.69) is 42.6 Å². The molecule has 188 valence electrons. The molecule has 0 spiro atoms. The van der Waals surface area contributed by atoms with Crippen molar-refractivity contribution in [2.75, 3.05) is 24.5 Å². The minimum Gasteiger partial charge on any atom is -0.355 e. The Morgan fingerprint density at radius 1 is 1.08 bits per heavy atom. The van der Waals surface area contributed by atoms with Gasteiger partial charge in [-0.05, 0) is 69.6 Å². The molecule has 5 rings (SSSR count). The van der Waals surface area contributed by atoms with Crippen molar-refractivity contribution < 1.29 is 4.79 Å². The van der Waals surface area contributed by atoms with Crippen molar-refractivity contribution in [3.63, 3.8) is 0 Å². The number of anilines is 1. The van der Waals surface area contributed by atoms with Crippen LogP contribution in [-0.4, -0.2) is 35.1 Å². The van der Waals surface area contributed by atoms with E-state index >= 15 is 0 Å². The van der Waals surface area contributed by atoms with Gasteiger partial charge in [0.25, 0.3) is 5.56 Å². The summed E-state index contributed by atoms with van der Waals surface area (Å²) >= 11 is 0. The maximum absolute atomic E-state index is 13.7. The molecule has 36 heavy (non-hydrogen) atoms. The van der Waals surface area contributed by atoms with Gasteiger partial charge in [0.05, 0.1) is 23.5 Å². The maximum atomic E-state index is 13.7. The highest BCUT2D eigenvalue weighted by Gasteiger charge is 2.28. The smallest absolute Gasteiger partial charge is 0.294 e. The molecule has 1 atom stereocenters. The third-order valence-corrected chi connectivity index (χ3v) is 7.52. The van der Waals surface area contributed by atoms with Gasteiger partial charge in [-0.25, -0.2) is 4.98 Å². The summed E-state index contributed by atoms with van der Waals surface area (Å²) in [6.45, 7) is 4.51. The molecule has 3 aromatic rings. The summed E-state index contributed by atoms with van der Waals surface area (Å²) in [6, 6.07) is 16.1. The number of hydrogen-bond acceptors (Lipinski definition) is 4. The predicted octanol–water partition coefficient (Wildman–Crippen LogP) is 4.98. The van der Waals surface area contributed by atoms with Crippen LogP contribution in [0.2, 0.25) is 0 Å². The lowest BCUT2D eigenvalue weighted by atomic mass is 9.96. The molecule has 0 radical (unpaired) electrons. The number of carbonyl (C=O) groups is 1. The van der Waals surface area contributed by atoms with E-state index in [0.29, 0.717) is 25.5 Å². The fraction of sp³-hybridized carbons (Fsp3) is 0.433. The average Bonchev–Trinajstić information content (AvgIpc) is 2.92. The van der Waals surface area contributed by atoms with Gasteiger partial charge in [-0.2, -0.15) is 0 Å². The van der Waals surface area contributed by atoms with E-state index in [1.165, 1.54) is 30.4 Å². The molecule has 1 aliphatic carbocycles. The number of fused-ring (bicyclic) bond motifs is 1. The lowest BCUT2D eigenvalue weighted by molar-refractivity contribution is -0.125. The fourth-order valence-corrected chi connectivity index (χ4v) is 5.42. The number of amides is 1. The Morgan fingerprint density at radius 2 is 1.92 bits per heavy atom. The molecule has 1 saturated heterocycles. The second-order valence-electron chi connectivity index (χ2n) is 10.2. The lowest BCUT2D eigenvalue weighted by Gasteiger charge is -2.33. The SMILES string of the molecule is Cc1ccc(Cn2c(=O)c(N3CCCC(C(=O)NCCC4=CCCCC4)C3)nc3ccccc32)cc1. The van der Waals surface area contributed by atoms with E-state index in [9.17, 15) is 9.59 Å². The van der Waals surface area contributed by atoms with Crippen LogP contribution in [0, 0.1) is 12.8 Å². The van der Waals surface area contributed by atoms with Gasteiger partial charge in [-0.15, -0.1) is 0 Å². The Morgan fingerprint density at radius 3 is 2.72 bits per heavy atom. The van der Waals surface area contributed by atoms with Crippen molar-refractivity contribution in [1.29, 1.82) is 0 Å².